The molecule has 38 heavy (non-hydrogen) atoms. The summed E-state index contributed by atoms with van der Waals surface area (Å²) in [6.45, 7) is 5.19. The van der Waals surface area contributed by atoms with E-state index in [1.165, 1.54) is 0 Å². The van der Waals surface area contributed by atoms with Crippen LogP contribution in [-0.2, 0) is 22.5 Å². The van der Waals surface area contributed by atoms with Gasteiger partial charge in [0.2, 0.25) is 0 Å². The van der Waals surface area contributed by atoms with Gasteiger partial charge in [0.1, 0.15) is 0 Å². The zero-order valence-electron chi connectivity index (χ0n) is 22.6. The first kappa shape index (κ1) is 27.6. The Morgan fingerprint density at radius 1 is 1.03 bits per heavy atom. The fourth-order valence-corrected chi connectivity index (χ4v) is 5.50. The van der Waals surface area contributed by atoms with E-state index in [9.17, 15) is 14.4 Å². The van der Waals surface area contributed by atoms with Gasteiger partial charge in [-0.25, -0.2) is 0 Å². The number of carbonyl (C=O) groups excluding carboxylic acids is 3. The third kappa shape index (κ3) is 6.72. The van der Waals surface area contributed by atoms with Gasteiger partial charge in [0, 0.05) is 30.1 Å². The van der Waals surface area contributed by atoms with Crippen LogP contribution in [0.5, 0.6) is 11.5 Å². The quantitative estimate of drug-likeness (QED) is 0.445. The van der Waals surface area contributed by atoms with Crippen molar-refractivity contribution in [3.05, 3.63) is 58.7 Å². The van der Waals surface area contributed by atoms with Crippen molar-refractivity contribution in [1.29, 1.82) is 0 Å². The number of hydrogen-bond acceptors (Lipinski definition) is 7. The van der Waals surface area contributed by atoms with Crippen molar-refractivity contribution >= 4 is 17.7 Å². The lowest BCUT2D eigenvalue weighted by Crippen LogP contribution is -2.34. The van der Waals surface area contributed by atoms with Gasteiger partial charge in [-0.2, -0.15) is 0 Å². The third-order valence-electron chi connectivity index (χ3n) is 7.58. The van der Waals surface area contributed by atoms with Gasteiger partial charge in [0.25, 0.3) is 5.91 Å². The van der Waals surface area contributed by atoms with E-state index in [1.54, 1.807) is 21.1 Å². The van der Waals surface area contributed by atoms with Gasteiger partial charge < -0.3 is 19.5 Å². The number of benzene rings is 2. The predicted octanol–water partition coefficient (Wildman–Crippen LogP) is 4.04. The van der Waals surface area contributed by atoms with Gasteiger partial charge in [-0.05, 0) is 87.0 Å². The SMILES string of the molecule is CCOC(=O)CCNC(=O)c1ccc(CN2CCC(CC3Cc4cc(OC)c(OC)cc4C3=O)CC2)cc1. The lowest BCUT2D eigenvalue weighted by molar-refractivity contribution is -0.142. The van der Waals surface area contributed by atoms with Gasteiger partial charge in [-0.15, -0.1) is 0 Å². The van der Waals surface area contributed by atoms with Gasteiger partial charge in [0.05, 0.1) is 27.2 Å². The van der Waals surface area contributed by atoms with Crippen LogP contribution in [-0.4, -0.2) is 63.0 Å². The maximum Gasteiger partial charge on any atom is 0.307 e. The minimum atomic E-state index is -0.312. The Morgan fingerprint density at radius 3 is 2.37 bits per heavy atom. The summed E-state index contributed by atoms with van der Waals surface area (Å²) in [5.74, 6) is 1.59. The second-order valence-corrected chi connectivity index (χ2v) is 10.1. The largest absolute Gasteiger partial charge is 0.493 e. The van der Waals surface area contributed by atoms with Crippen LogP contribution in [0, 0.1) is 11.8 Å². The molecular formula is C30H38N2O6. The number of nitrogens with one attached hydrogen (secondary N) is 1. The van der Waals surface area contributed by atoms with Gasteiger partial charge >= 0.3 is 5.97 Å². The smallest absolute Gasteiger partial charge is 0.307 e. The summed E-state index contributed by atoms with van der Waals surface area (Å²) >= 11 is 0. The van der Waals surface area contributed by atoms with E-state index in [0.717, 1.165) is 62.0 Å². The molecule has 0 radical (unpaired) electrons. The highest BCUT2D eigenvalue weighted by Crippen LogP contribution is 2.39. The second-order valence-electron chi connectivity index (χ2n) is 10.1. The van der Waals surface area contributed by atoms with E-state index in [-0.39, 0.29) is 36.5 Å². The number of rotatable bonds is 11. The lowest BCUT2D eigenvalue weighted by atomic mass is 9.85. The molecule has 2 aromatic rings. The van der Waals surface area contributed by atoms with Crippen LogP contribution in [0.4, 0.5) is 0 Å². The number of fused-ring (bicyclic) bond motifs is 1. The first-order valence-corrected chi connectivity index (χ1v) is 13.5. The van der Waals surface area contributed by atoms with E-state index in [0.29, 0.717) is 29.6 Å². The minimum Gasteiger partial charge on any atom is -0.493 e. The second kappa shape index (κ2) is 12.9. The number of methoxy groups -OCH3 is 2. The molecule has 1 atom stereocenters. The highest BCUT2D eigenvalue weighted by molar-refractivity contribution is 6.03. The highest BCUT2D eigenvalue weighted by Gasteiger charge is 2.34. The molecule has 0 bridgehead atoms. The topological polar surface area (TPSA) is 94.2 Å². The number of likely N-dealkylation sites (tertiary alicyclic amines) is 1. The number of piperidine rings is 1. The number of ketones is 1. The van der Waals surface area contributed by atoms with E-state index in [2.05, 4.69) is 10.2 Å². The number of Topliss-reactive ketones (excluding diaryl/α,β-unsaturated/α-hetero) is 1. The molecule has 204 valence electrons. The molecule has 1 saturated heterocycles. The number of amides is 1. The van der Waals surface area contributed by atoms with Crippen molar-refractivity contribution in [2.45, 2.75) is 45.6 Å². The van der Waals surface area contributed by atoms with E-state index in [1.807, 2.05) is 36.4 Å². The molecule has 1 aliphatic carbocycles. The molecule has 0 spiro atoms. The van der Waals surface area contributed by atoms with Gasteiger partial charge in [0.15, 0.2) is 17.3 Å². The summed E-state index contributed by atoms with van der Waals surface area (Å²) < 4.78 is 15.7. The summed E-state index contributed by atoms with van der Waals surface area (Å²) in [5, 5.41) is 2.76. The van der Waals surface area contributed by atoms with Crippen molar-refractivity contribution in [1.82, 2.24) is 10.2 Å². The molecule has 1 fully saturated rings. The van der Waals surface area contributed by atoms with Crippen LogP contribution in [0.1, 0.15) is 64.4 Å². The Labute approximate surface area is 224 Å². The maximum atomic E-state index is 13.1. The van der Waals surface area contributed by atoms with E-state index in [4.69, 9.17) is 14.2 Å². The van der Waals surface area contributed by atoms with Crippen LogP contribution in [0.15, 0.2) is 36.4 Å². The molecule has 4 rings (SSSR count). The zero-order valence-corrected chi connectivity index (χ0v) is 22.6. The average Bonchev–Trinajstić information content (AvgIpc) is 3.23. The molecule has 1 amide bonds. The van der Waals surface area contributed by atoms with Crippen LogP contribution in [0.2, 0.25) is 0 Å². The molecule has 0 aromatic heterocycles. The first-order chi connectivity index (χ1) is 18.4. The average molecular weight is 523 g/mol. The van der Waals surface area contributed by atoms with Crippen molar-refractivity contribution in [3.8, 4) is 11.5 Å². The van der Waals surface area contributed by atoms with Crippen molar-refractivity contribution in [2.75, 3.05) is 40.5 Å². The molecule has 2 aliphatic rings. The van der Waals surface area contributed by atoms with Crippen LogP contribution in [0.25, 0.3) is 0 Å². The van der Waals surface area contributed by atoms with Crippen LogP contribution in [0.3, 0.4) is 0 Å². The zero-order chi connectivity index (χ0) is 27.1. The number of esters is 1. The molecule has 8 nitrogen and oxygen atoms in total. The number of carbonyl (C=O) groups is 3. The monoisotopic (exact) mass is 522 g/mol. The van der Waals surface area contributed by atoms with E-state index >= 15 is 0 Å². The summed E-state index contributed by atoms with van der Waals surface area (Å²) in [7, 11) is 3.21. The molecular weight excluding hydrogens is 484 g/mol. The normalized spacial score (nSPS) is 17.7. The summed E-state index contributed by atoms with van der Waals surface area (Å²) in [6.07, 6.45) is 4.02. The number of hydrogen-bond donors (Lipinski definition) is 1. The van der Waals surface area contributed by atoms with E-state index < -0.39 is 0 Å². The maximum absolute atomic E-state index is 13.1. The van der Waals surface area contributed by atoms with Crippen molar-refractivity contribution in [2.24, 2.45) is 11.8 Å². The Bertz CT molecular complexity index is 1140. The Morgan fingerprint density at radius 2 is 1.71 bits per heavy atom. The molecule has 1 heterocycles. The fraction of sp³-hybridized carbons (Fsp3) is 0.500. The standard InChI is InChI=1S/C30H38N2O6/c1-4-38-28(33)9-12-31-30(35)22-7-5-21(6-8-22)19-32-13-10-20(11-14-32)15-24-16-23-17-26(36-2)27(37-3)18-25(23)29(24)34/h5-8,17-18,20,24H,4,9-16,19H2,1-3H3,(H,31,35). The minimum absolute atomic E-state index is 0.0364. The van der Waals surface area contributed by atoms with Crippen molar-refractivity contribution in [3.63, 3.8) is 0 Å². The van der Waals surface area contributed by atoms with Gasteiger partial charge in [-0.1, -0.05) is 12.1 Å². The van der Waals surface area contributed by atoms with Crippen LogP contribution >= 0.6 is 0 Å². The van der Waals surface area contributed by atoms with Gasteiger partial charge in [-0.3, -0.25) is 19.3 Å². The molecule has 1 aliphatic heterocycles. The fourth-order valence-electron chi connectivity index (χ4n) is 5.50. The Kier molecular flexibility index (Phi) is 9.39. The van der Waals surface area contributed by atoms with Crippen LogP contribution < -0.4 is 14.8 Å². The molecule has 0 saturated carbocycles. The molecule has 1 unspecified atom stereocenters. The number of ether oxygens (including phenoxy) is 3. The molecule has 1 N–H and O–H groups in total. The third-order valence-corrected chi connectivity index (χ3v) is 7.58. The predicted molar refractivity (Wildman–Crippen MR) is 144 cm³/mol. The van der Waals surface area contributed by atoms with Crippen molar-refractivity contribution < 1.29 is 28.6 Å². The lowest BCUT2D eigenvalue weighted by Gasteiger charge is -2.33. The molecule has 8 heteroatoms. The Hall–Kier alpha value is -3.39. The first-order valence-electron chi connectivity index (χ1n) is 13.5. The summed E-state index contributed by atoms with van der Waals surface area (Å²) in [6, 6.07) is 11.4. The number of nitrogens with zero attached hydrogens (tertiary/aromatic N) is 1. The molecule has 2 aromatic carbocycles. The Balaban J connectivity index is 1.21. The summed E-state index contributed by atoms with van der Waals surface area (Å²) in [4.78, 5) is 39.2. The summed E-state index contributed by atoms with van der Waals surface area (Å²) in [5.41, 5.74) is 3.58. The highest BCUT2D eigenvalue weighted by atomic mass is 16.5.